The average molecular weight is 571 g/mol. The van der Waals surface area contributed by atoms with E-state index in [1.165, 1.54) is 13.0 Å². The molecule has 1 aliphatic heterocycles. The summed E-state index contributed by atoms with van der Waals surface area (Å²) in [7, 11) is -4.13. The third-order valence-electron chi connectivity index (χ3n) is 7.46. The first-order valence-electron chi connectivity index (χ1n) is 13.7. The minimum atomic E-state index is -4.13. The van der Waals surface area contributed by atoms with Crippen molar-refractivity contribution >= 4 is 44.7 Å². The predicted octanol–water partition coefficient (Wildman–Crippen LogP) is 1.58. The maximum absolute atomic E-state index is 13.7. The van der Waals surface area contributed by atoms with Gasteiger partial charge >= 0.3 is 0 Å². The van der Waals surface area contributed by atoms with Crippen molar-refractivity contribution in [2.24, 2.45) is 16.9 Å². The van der Waals surface area contributed by atoms with Crippen LogP contribution >= 0.6 is 0 Å². The molecule has 2 aromatic rings. The summed E-state index contributed by atoms with van der Waals surface area (Å²) in [4.78, 5) is 41.9. The van der Waals surface area contributed by atoms with Crippen LogP contribution in [0.3, 0.4) is 0 Å². The molecule has 4 N–H and O–H groups in total. The summed E-state index contributed by atoms with van der Waals surface area (Å²) in [5.41, 5.74) is 0. The molecule has 1 atom stereocenters. The molecule has 2 aliphatic rings. The van der Waals surface area contributed by atoms with Gasteiger partial charge in [-0.3, -0.25) is 14.4 Å². The number of Topliss-reactive ketones (excluding diaryl/α,β-unsaturated/α-hetero) is 1. The lowest BCUT2D eigenvalue weighted by molar-refractivity contribution is -0.136. The molecule has 12 heteroatoms. The van der Waals surface area contributed by atoms with E-state index in [1.807, 2.05) is 29.2 Å². The smallest absolute Gasteiger partial charge is 0.241 e. The van der Waals surface area contributed by atoms with E-state index >= 15 is 0 Å². The van der Waals surface area contributed by atoms with Crippen molar-refractivity contribution in [1.29, 1.82) is 0 Å². The van der Waals surface area contributed by atoms with Crippen LogP contribution in [0.2, 0.25) is 0 Å². The van der Waals surface area contributed by atoms with Crippen molar-refractivity contribution in [2.45, 2.75) is 62.4 Å². The van der Waals surface area contributed by atoms with Crippen LogP contribution in [-0.2, 0) is 24.4 Å². The summed E-state index contributed by atoms with van der Waals surface area (Å²) in [5.74, 6) is 4.52. The predicted molar refractivity (Wildman–Crippen MR) is 153 cm³/mol. The second-order valence-electron chi connectivity index (χ2n) is 10.6. The number of rotatable bonds is 13. The number of sulfonamides is 1. The molecule has 40 heavy (non-hydrogen) atoms. The fourth-order valence-electron chi connectivity index (χ4n) is 4.99. The number of amides is 2. The van der Waals surface area contributed by atoms with Crippen LogP contribution in [0.15, 0.2) is 52.5 Å². The molecule has 1 saturated heterocycles. The van der Waals surface area contributed by atoms with Gasteiger partial charge in [0.25, 0.3) is 0 Å². The van der Waals surface area contributed by atoms with E-state index in [0.717, 1.165) is 49.5 Å². The van der Waals surface area contributed by atoms with Crippen LogP contribution in [0.5, 0.6) is 0 Å². The average Bonchev–Trinajstić information content (AvgIpc) is 3.77. The number of hydrazone groups is 1. The van der Waals surface area contributed by atoms with Gasteiger partial charge in [0.1, 0.15) is 18.2 Å². The molecule has 1 heterocycles. The normalized spacial score (nSPS) is 17.2. The van der Waals surface area contributed by atoms with E-state index in [4.69, 9.17) is 5.84 Å². The topological polar surface area (TPSA) is 154 Å². The van der Waals surface area contributed by atoms with E-state index in [0.29, 0.717) is 6.54 Å². The lowest BCUT2D eigenvalue weighted by Crippen LogP contribution is -2.51. The molecule has 2 aromatic carbocycles. The third kappa shape index (κ3) is 8.01. The molecular formula is C28H38N6O5S. The number of nitrogens with one attached hydrogen (secondary N) is 2. The number of carbonyl (C=O) groups excluding carboxylic acids is 3. The Hall–Kier alpha value is -3.51. The Morgan fingerprint density at radius 2 is 1.80 bits per heavy atom. The summed E-state index contributed by atoms with van der Waals surface area (Å²) < 4.78 is 29.4. The highest BCUT2D eigenvalue weighted by Gasteiger charge is 2.38. The Morgan fingerprint density at radius 3 is 2.45 bits per heavy atom. The number of carbonyl (C=O) groups is 3. The molecule has 0 aromatic heterocycles. The van der Waals surface area contributed by atoms with Gasteiger partial charge in [-0.25, -0.2) is 8.42 Å². The Morgan fingerprint density at radius 1 is 1.10 bits per heavy atom. The van der Waals surface area contributed by atoms with Crippen LogP contribution in [-0.4, -0.2) is 80.4 Å². The van der Waals surface area contributed by atoms with Gasteiger partial charge in [-0.2, -0.15) is 9.82 Å². The molecule has 1 aliphatic carbocycles. The van der Waals surface area contributed by atoms with Crippen molar-refractivity contribution < 1.29 is 22.8 Å². The lowest BCUT2D eigenvalue weighted by Gasteiger charge is -2.30. The minimum absolute atomic E-state index is 0.0129. The Balaban J connectivity index is 1.48. The van der Waals surface area contributed by atoms with Gasteiger partial charge in [0.2, 0.25) is 21.8 Å². The van der Waals surface area contributed by atoms with Gasteiger partial charge < -0.3 is 21.0 Å². The van der Waals surface area contributed by atoms with Gasteiger partial charge in [-0.1, -0.05) is 30.3 Å². The van der Waals surface area contributed by atoms with Crippen LogP contribution < -0.4 is 15.9 Å². The molecule has 0 bridgehead atoms. The van der Waals surface area contributed by atoms with Crippen LogP contribution in [0, 0.1) is 5.92 Å². The van der Waals surface area contributed by atoms with Gasteiger partial charge in [0.15, 0.2) is 0 Å². The number of piperidine rings is 1. The van der Waals surface area contributed by atoms with E-state index in [1.54, 1.807) is 23.4 Å². The minimum Gasteiger partial charge on any atom is -0.361 e. The van der Waals surface area contributed by atoms with Gasteiger partial charge in [0.05, 0.1) is 11.3 Å². The monoisotopic (exact) mass is 570 g/mol. The van der Waals surface area contributed by atoms with Crippen LogP contribution in [0.4, 0.5) is 0 Å². The molecule has 0 unspecified atom stereocenters. The highest BCUT2D eigenvalue weighted by atomic mass is 32.2. The number of hydrogen-bond acceptors (Lipinski definition) is 7. The van der Waals surface area contributed by atoms with Crippen molar-refractivity contribution in [3.63, 3.8) is 0 Å². The van der Waals surface area contributed by atoms with Crippen LogP contribution in [0.25, 0.3) is 10.8 Å². The number of hydrogen-bond donors (Lipinski definition) is 3. The molecule has 0 radical (unpaired) electrons. The van der Waals surface area contributed by atoms with E-state index in [2.05, 4.69) is 15.1 Å². The van der Waals surface area contributed by atoms with E-state index in [-0.39, 0.29) is 42.0 Å². The number of likely N-dealkylation sites (tertiary alicyclic amines) is 1. The summed E-state index contributed by atoms with van der Waals surface area (Å²) in [5, 5.41) is 8.07. The molecule has 11 nitrogen and oxygen atoms in total. The summed E-state index contributed by atoms with van der Waals surface area (Å²) in [6.07, 6.45) is 4.71. The fraction of sp³-hybridized carbons (Fsp3) is 0.500. The molecule has 4 rings (SSSR count). The summed E-state index contributed by atoms with van der Waals surface area (Å²) >= 11 is 0. The van der Waals surface area contributed by atoms with Gasteiger partial charge in [-0.15, -0.1) is 0 Å². The summed E-state index contributed by atoms with van der Waals surface area (Å²) in [6.45, 7) is 3.64. The first-order chi connectivity index (χ1) is 19.2. The number of benzene rings is 2. The van der Waals surface area contributed by atoms with Crippen molar-refractivity contribution in [3.05, 3.63) is 42.5 Å². The molecule has 216 valence electrons. The highest BCUT2D eigenvalue weighted by molar-refractivity contribution is 7.89. The maximum Gasteiger partial charge on any atom is 0.241 e. The SMILES string of the molecule is CC(=O)CCN(C(=O)[C@H](CC(=O)NCC1CCN(C=NN)CC1)NS(=O)(=O)c1ccc2ccccc2c1)C1CC1. The largest absolute Gasteiger partial charge is 0.361 e. The first kappa shape index (κ1) is 29.5. The van der Waals surface area contributed by atoms with Crippen molar-refractivity contribution in [1.82, 2.24) is 19.8 Å². The molecular weight excluding hydrogens is 532 g/mol. The zero-order valence-corrected chi connectivity index (χ0v) is 23.6. The number of nitrogens with two attached hydrogens (primary N) is 1. The van der Waals surface area contributed by atoms with Crippen molar-refractivity contribution in [3.8, 4) is 0 Å². The second-order valence-corrected chi connectivity index (χ2v) is 12.4. The zero-order valence-electron chi connectivity index (χ0n) is 22.8. The van der Waals surface area contributed by atoms with Crippen LogP contribution in [0.1, 0.15) is 45.4 Å². The Kier molecular flexibility index (Phi) is 9.75. The van der Waals surface area contributed by atoms with E-state index < -0.39 is 27.9 Å². The summed E-state index contributed by atoms with van der Waals surface area (Å²) in [6, 6.07) is 10.8. The Labute approximate surface area is 235 Å². The number of nitrogens with zero attached hydrogens (tertiary/aromatic N) is 3. The molecule has 0 spiro atoms. The van der Waals surface area contributed by atoms with E-state index in [9.17, 15) is 22.8 Å². The first-order valence-corrected chi connectivity index (χ1v) is 15.2. The molecule has 1 saturated carbocycles. The zero-order chi connectivity index (χ0) is 28.7. The third-order valence-corrected chi connectivity index (χ3v) is 8.93. The van der Waals surface area contributed by atoms with Gasteiger partial charge in [0, 0.05) is 38.6 Å². The molecule has 2 amide bonds. The lowest BCUT2D eigenvalue weighted by atomic mass is 9.97. The Bertz CT molecular complexity index is 1350. The van der Waals surface area contributed by atoms with Gasteiger partial charge in [-0.05, 0) is 61.4 Å². The quantitative estimate of drug-likeness (QED) is 0.143. The highest BCUT2D eigenvalue weighted by Crippen LogP contribution is 2.28. The van der Waals surface area contributed by atoms with Crippen molar-refractivity contribution in [2.75, 3.05) is 26.2 Å². The fourth-order valence-corrected chi connectivity index (χ4v) is 6.21. The standard InChI is InChI=1S/C28H38N6O5S/c1-20(35)10-15-34(24-7-8-24)28(37)26(17-27(36)30-18-21-11-13-33(14-12-21)19-31-29)32-40(38,39)25-9-6-22-4-2-3-5-23(22)16-25/h2-6,9,16,19,21,24,26,32H,7-8,10-15,17-18,29H2,1H3,(H,30,36)/t26-/m0/s1. The number of ketones is 1. The maximum atomic E-state index is 13.7. The number of fused-ring (bicyclic) bond motifs is 1. The molecule has 2 fully saturated rings. The second kappa shape index (κ2) is 13.2.